The zero-order valence-corrected chi connectivity index (χ0v) is 11.3. The Balaban J connectivity index is 0.000000720. The Bertz CT molecular complexity index is 135. The Labute approximate surface area is 102 Å². The van der Waals surface area contributed by atoms with Crippen molar-refractivity contribution in [3.8, 4) is 0 Å². The zero-order valence-electron chi connectivity index (χ0n) is 7.32. The largest absolute Gasteiger partial charge is 0.660 e. The monoisotopic (exact) mass is 261 g/mol. The van der Waals surface area contributed by atoms with Crippen LogP contribution in [0.1, 0.15) is 0 Å². The topological polar surface area (TPSA) is 20.6 Å². The van der Waals surface area contributed by atoms with Crippen LogP contribution >= 0.6 is 9.39 Å². The Hall–Kier alpha value is 1.41. The van der Waals surface area contributed by atoms with Crippen molar-refractivity contribution in [1.82, 2.24) is 9.57 Å². The molecule has 0 bridgehead atoms. The van der Waals surface area contributed by atoms with E-state index in [2.05, 4.69) is 24.3 Å². The van der Waals surface area contributed by atoms with Crippen LogP contribution in [0.3, 0.4) is 0 Å². The van der Waals surface area contributed by atoms with Gasteiger partial charge in [-0.2, -0.15) is 0 Å². The normalized spacial score (nSPS) is 27.8. The van der Waals surface area contributed by atoms with Crippen LogP contribution in [0.2, 0.25) is 0 Å². The molecule has 2 aliphatic rings. The van der Waals surface area contributed by atoms with Gasteiger partial charge in [-0.05, 0) is 13.1 Å². The first-order chi connectivity index (χ1) is 5.36. The first kappa shape index (κ1) is 11.5. The zero-order chi connectivity index (χ0) is 7.68. The quantitative estimate of drug-likeness (QED) is 0.626. The van der Waals surface area contributed by atoms with Crippen LogP contribution in [0.15, 0.2) is 0 Å². The van der Waals surface area contributed by atoms with Gasteiger partial charge in [0, 0.05) is 51.8 Å². The molecule has 2 saturated heterocycles. The molecule has 2 heterocycles. The van der Waals surface area contributed by atoms with Gasteiger partial charge in [-0.25, -0.2) is 0 Å². The summed E-state index contributed by atoms with van der Waals surface area (Å²) in [4.78, 5) is 2.56. The van der Waals surface area contributed by atoms with Crippen molar-refractivity contribution >= 4 is 9.39 Å². The van der Waals surface area contributed by atoms with E-state index in [1.165, 1.54) is 26.2 Å². The van der Waals surface area contributed by atoms with Gasteiger partial charge in [0.2, 0.25) is 0 Å². The molecule has 1 atom stereocenters. The molecule has 2 rings (SSSR count). The molecule has 0 aromatic rings. The molecule has 67 valence electrons. The van der Waals surface area contributed by atoms with Crippen LogP contribution in [0, 0.1) is 0 Å². The molecule has 5 heteroatoms. The standard InChI is InChI=1S/C7H15N3P.Y/c11-10-5-7(6-10)9-3-1-8-2-4-9;/h7H,1-6,11H2;/q-1;. The Morgan fingerprint density at radius 2 is 1.75 bits per heavy atom. The van der Waals surface area contributed by atoms with E-state index in [0.29, 0.717) is 0 Å². The van der Waals surface area contributed by atoms with E-state index in [-0.39, 0.29) is 32.7 Å². The summed E-state index contributed by atoms with van der Waals surface area (Å²) >= 11 is 0. The van der Waals surface area contributed by atoms with Gasteiger partial charge in [-0.1, -0.05) is 9.39 Å². The summed E-state index contributed by atoms with van der Waals surface area (Å²) in [7, 11) is 2.75. The van der Waals surface area contributed by atoms with E-state index < -0.39 is 0 Å². The molecule has 0 aliphatic carbocycles. The fourth-order valence-corrected chi connectivity index (χ4v) is 2.19. The van der Waals surface area contributed by atoms with Crippen LogP contribution in [0.4, 0.5) is 0 Å². The predicted octanol–water partition coefficient (Wildman–Crippen LogP) is 0.147. The first-order valence-electron chi connectivity index (χ1n) is 4.23. The van der Waals surface area contributed by atoms with Gasteiger partial charge < -0.3 is 10.2 Å². The number of hydrogen-bond donors (Lipinski definition) is 0. The Morgan fingerprint density at radius 1 is 1.17 bits per heavy atom. The van der Waals surface area contributed by atoms with E-state index >= 15 is 0 Å². The van der Waals surface area contributed by atoms with Crippen LogP contribution in [0.25, 0.3) is 5.32 Å². The molecule has 1 radical (unpaired) electrons. The first-order valence-corrected chi connectivity index (χ1v) is 4.75. The van der Waals surface area contributed by atoms with Gasteiger partial charge in [0.25, 0.3) is 0 Å². The number of nitrogens with zero attached hydrogens (tertiary/aromatic N) is 3. The van der Waals surface area contributed by atoms with Crippen molar-refractivity contribution in [2.75, 3.05) is 39.3 Å². The van der Waals surface area contributed by atoms with Crippen molar-refractivity contribution < 1.29 is 32.7 Å². The minimum Gasteiger partial charge on any atom is -0.660 e. The molecule has 2 fully saturated rings. The smallest absolute Gasteiger partial charge is 0.0355 e. The summed E-state index contributed by atoms with van der Waals surface area (Å²) in [5.74, 6) is 0. The number of hydrogen-bond acceptors (Lipinski definition) is 2. The Kier molecular flexibility index (Phi) is 5.11. The van der Waals surface area contributed by atoms with Crippen molar-refractivity contribution in [1.29, 1.82) is 0 Å². The molecule has 2 aliphatic heterocycles. The average Bonchev–Trinajstić information content (AvgIpc) is 2.01. The maximum Gasteiger partial charge on any atom is 0.0355 e. The van der Waals surface area contributed by atoms with Gasteiger partial charge in [0.15, 0.2) is 0 Å². The van der Waals surface area contributed by atoms with Gasteiger partial charge in [-0.15, -0.1) is 13.1 Å². The van der Waals surface area contributed by atoms with Gasteiger partial charge >= 0.3 is 0 Å². The second-order valence-electron chi connectivity index (χ2n) is 3.31. The molecular weight excluding hydrogens is 246 g/mol. The summed E-state index contributed by atoms with van der Waals surface area (Å²) in [6, 6.07) is 0.822. The molecule has 12 heavy (non-hydrogen) atoms. The Morgan fingerprint density at radius 3 is 2.25 bits per heavy atom. The van der Waals surface area contributed by atoms with Gasteiger partial charge in [0.05, 0.1) is 0 Å². The SMILES string of the molecule is PN1CC(N2CC[N-]CC2)C1.[Y]. The van der Waals surface area contributed by atoms with E-state index in [1.807, 2.05) is 0 Å². The van der Waals surface area contributed by atoms with E-state index in [1.54, 1.807) is 0 Å². The third-order valence-corrected chi connectivity index (χ3v) is 2.92. The number of piperazine rings is 1. The summed E-state index contributed by atoms with van der Waals surface area (Å²) in [5.41, 5.74) is 0. The summed E-state index contributed by atoms with van der Waals surface area (Å²) < 4.78 is 2.29. The molecule has 0 saturated carbocycles. The summed E-state index contributed by atoms with van der Waals surface area (Å²) in [6.07, 6.45) is 0. The van der Waals surface area contributed by atoms with Crippen LogP contribution in [0.5, 0.6) is 0 Å². The molecule has 1 unspecified atom stereocenters. The predicted molar refractivity (Wildman–Crippen MR) is 49.7 cm³/mol. The molecule has 0 amide bonds. The summed E-state index contributed by atoms with van der Waals surface area (Å²) in [6.45, 7) is 6.92. The van der Waals surface area contributed by atoms with Gasteiger partial charge in [-0.3, -0.25) is 4.67 Å². The van der Waals surface area contributed by atoms with Crippen molar-refractivity contribution in [3.05, 3.63) is 5.32 Å². The van der Waals surface area contributed by atoms with Crippen molar-refractivity contribution in [2.45, 2.75) is 6.04 Å². The van der Waals surface area contributed by atoms with E-state index in [9.17, 15) is 0 Å². The van der Waals surface area contributed by atoms with E-state index in [4.69, 9.17) is 0 Å². The minimum absolute atomic E-state index is 0. The maximum absolute atomic E-state index is 4.33. The third kappa shape index (κ3) is 2.70. The second-order valence-corrected chi connectivity index (χ2v) is 4.04. The van der Waals surface area contributed by atoms with Crippen LogP contribution in [-0.2, 0) is 32.7 Å². The fraction of sp³-hybridized carbons (Fsp3) is 1.00. The molecule has 0 spiro atoms. The van der Waals surface area contributed by atoms with E-state index in [0.717, 1.165) is 19.1 Å². The van der Waals surface area contributed by atoms with Crippen LogP contribution in [-0.4, -0.2) is 54.9 Å². The van der Waals surface area contributed by atoms with Crippen molar-refractivity contribution in [2.24, 2.45) is 0 Å². The number of rotatable bonds is 1. The molecule has 3 nitrogen and oxygen atoms in total. The second kappa shape index (κ2) is 5.33. The summed E-state index contributed by atoms with van der Waals surface area (Å²) in [5, 5.41) is 4.33. The minimum atomic E-state index is 0. The molecule has 0 N–H and O–H groups in total. The average molecular weight is 261 g/mol. The van der Waals surface area contributed by atoms with Crippen LogP contribution < -0.4 is 0 Å². The third-order valence-electron chi connectivity index (χ3n) is 2.50. The fourth-order valence-electron chi connectivity index (χ4n) is 1.71. The van der Waals surface area contributed by atoms with Gasteiger partial charge in [0.1, 0.15) is 0 Å². The molecule has 0 aromatic carbocycles. The molecular formula is C7H15N3PY-. The maximum atomic E-state index is 4.33. The van der Waals surface area contributed by atoms with Crippen molar-refractivity contribution in [3.63, 3.8) is 0 Å². The molecule has 0 aromatic heterocycles.